The molecule has 0 bridgehead atoms. The van der Waals surface area contributed by atoms with Gasteiger partial charge in [0.25, 0.3) is 0 Å². The fourth-order valence-corrected chi connectivity index (χ4v) is 7.27. The summed E-state index contributed by atoms with van der Waals surface area (Å²) in [6, 6.07) is 6.29. The molecule has 0 aliphatic carbocycles. The molecule has 17 heavy (non-hydrogen) atoms. The van der Waals surface area contributed by atoms with Gasteiger partial charge < -0.3 is 0 Å². The van der Waals surface area contributed by atoms with Gasteiger partial charge in [0.2, 0.25) is 0 Å². The summed E-state index contributed by atoms with van der Waals surface area (Å²) in [5.41, 5.74) is 8.12. The van der Waals surface area contributed by atoms with Crippen molar-refractivity contribution in [1.82, 2.24) is 0 Å². The van der Waals surface area contributed by atoms with E-state index in [-0.39, 0.29) is 7.92 Å². The second-order valence-electron chi connectivity index (χ2n) is 4.66. The SMILES string of the molecule is [2H][Ir]([NH2])[c]1ccc(CN)cc1P(C(C)C)C(C)C. The van der Waals surface area contributed by atoms with Gasteiger partial charge >= 0.3 is 115 Å². The molecule has 0 spiro atoms. The maximum atomic E-state index is 7.99. The fraction of sp³-hybridized carbons (Fsp3) is 0.538. The van der Waals surface area contributed by atoms with Crippen molar-refractivity contribution in [2.24, 2.45) is 10.1 Å². The number of rotatable bonds is 5. The first-order valence-corrected chi connectivity index (χ1v) is 9.97. The second kappa shape index (κ2) is 6.97. The molecule has 0 saturated carbocycles. The van der Waals surface area contributed by atoms with Crippen LogP contribution >= 0.6 is 7.92 Å². The molecule has 0 heterocycles. The summed E-state index contributed by atoms with van der Waals surface area (Å²) in [5, 5.41) is 1.34. The van der Waals surface area contributed by atoms with Crippen LogP contribution in [-0.4, -0.2) is 12.1 Å². The number of hydrogen-bond acceptors (Lipinski definition) is 2. The van der Waals surface area contributed by atoms with Crippen LogP contribution in [0.25, 0.3) is 0 Å². The Labute approximate surface area is 115 Å². The van der Waals surface area contributed by atoms with Crippen molar-refractivity contribution in [3.63, 3.8) is 0 Å². The average Bonchev–Trinajstić information content (AvgIpc) is 2.27. The normalized spacial score (nSPS) is 13.5. The third kappa shape index (κ3) is 3.84. The predicted molar refractivity (Wildman–Crippen MR) is 76.4 cm³/mol. The van der Waals surface area contributed by atoms with Crippen LogP contribution in [0.5, 0.6) is 0 Å². The third-order valence-corrected chi connectivity index (χ3v) is 8.13. The van der Waals surface area contributed by atoms with E-state index in [1.165, 1.54) is 5.30 Å². The van der Waals surface area contributed by atoms with E-state index in [1.807, 2.05) is 6.07 Å². The molecule has 100 valence electrons. The molecular formula is C13H24IrN2P. The van der Waals surface area contributed by atoms with E-state index in [0.29, 0.717) is 17.9 Å². The molecule has 0 radical (unpaired) electrons. The van der Waals surface area contributed by atoms with Gasteiger partial charge in [0.1, 0.15) is 0 Å². The summed E-state index contributed by atoms with van der Waals surface area (Å²) in [4.78, 5) is 0. The summed E-state index contributed by atoms with van der Waals surface area (Å²) < 4.78 is 15.1. The number of benzene rings is 1. The Hall–Kier alpha value is 0.219. The maximum absolute atomic E-state index is 7.99. The summed E-state index contributed by atoms with van der Waals surface area (Å²) >= 11 is -2.28. The van der Waals surface area contributed by atoms with E-state index >= 15 is 0 Å². The van der Waals surface area contributed by atoms with Crippen LogP contribution in [0.2, 0.25) is 0 Å². The molecular weight excluding hydrogens is 407 g/mol. The third-order valence-electron chi connectivity index (χ3n) is 2.72. The summed E-state index contributed by atoms with van der Waals surface area (Å²) in [7, 11) is -0.263. The van der Waals surface area contributed by atoms with Gasteiger partial charge in [-0.05, 0) is 0 Å². The van der Waals surface area contributed by atoms with Gasteiger partial charge in [-0.2, -0.15) is 0 Å². The standard InChI is InChI=1S/C13H21NP.Ir.H2N.H/c1-10(2)15(11(3)4)13-7-5-6-12(8-13)9-14;;;/h5-6,8,10-11H,9,14H2,1-4H3;;1H2;/q;+1;-1;/i;;;1+1. The van der Waals surface area contributed by atoms with E-state index in [1.54, 1.807) is 0 Å². The van der Waals surface area contributed by atoms with E-state index < -0.39 is 17.8 Å². The van der Waals surface area contributed by atoms with Crippen LogP contribution in [0.15, 0.2) is 18.2 Å². The first kappa shape index (κ1) is 13.6. The van der Waals surface area contributed by atoms with Gasteiger partial charge in [-0.1, -0.05) is 0 Å². The first-order valence-electron chi connectivity index (χ1n) is 6.24. The van der Waals surface area contributed by atoms with Crippen molar-refractivity contribution in [2.45, 2.75) is 45.6 Å². The van der Waals surface area contributed by atoms with Crippen LogP contribution < -0.4 is 19.5 Å². The molecule has 0 aromatic heterocycles. The Morgan fingerprint density at radius 3 is 2.29 bits per heavy atom. The van der Waals surface area contributed by atoms with Crippen molar-refractivity contribution < 1.29 is 17.8 Å². The van der Waals surface area contributed by atoms with Gasteiger partial charge in [-0.3, -0.25) is 0 Å². The summed E-state index contributed by atoms with van der Waals surface area (Å²) in [5.74, 6) is 0. The zero-order valence-electron chi connectivity index (χ0n) is 12.0. The summed E-state index contributed by atoms with van der Waals surface area (Å²) in [6.45, 7) is 9.63. The molecule has 0 amide bonds. The topological polar surface area (TPSA) is 52.0 Å². The molecule has 0 aliphatic heterocycles. The molecule has 4 heteroatoms. The molecule has 0 atom stereocenters. The zero-order chi connectivity index (χ0) is 13.9. The molecule has 4 N–H and O–H groups in total. The van der Waals surface area contributed by atoms with Gasteiger partial charge in [0, 0.05) is 0 Å². The zero-order valence-corrected chi connectivity index (χ0v) is 14.3. The fourth-order valence-electron chi connectivity index (χ4n) is 2.10. The van der Waals surface area contributed by atoms with Gasteiger partial charge in [-0.15, -0.1) is 0 Å². The van der Waals surface area contributed by atoms with Crippen molar-refractivity contribution in [1.29, 1.82) is 0.800 Å². The molecule has 0 unspecified atom stereocenters. The van der Waals surface area contributed by atoms with Gasteiger partial charge in [0.05, 0.1) is 0 Å². The van der Waals surface area contributed by atoms with E-state index in [2.05, 4.69) is 39.8 Å². The van der Waals surface area contributed by atoms with Crippen molar-refractivity contribution in [3.8, 4) is 0 Å². The number of nitrogens with two attached hydrogens (primary N) is 2. The van der Waals surface area contributed by atoms with Crippen molar-refractivity contribution in [3.05, 3.63) is 23.8 Å². The Kier molecular flexibility index (Phi) is 5.59. The first-order chi connectivity index (χ1) is 8.38. The van der Waals surface area contributed by atoms with E-state index in [9.17, 15) is 0 Å². The molecule has 0 aliphatic rings. The van der Waals surface area contributed by atoms with E-state index in [0.717, 1.165) is 9.64 Å². The molecule has 1 aromatic rings. The molecule has 2 nitrogen and oxygen atoms in total. The minimum atomic E-state index is -2.28. The Bertz CT molecular complexity index is 389. The molecule has 1 rings (SSSR count). The van der Waals surface area contributed by atoms with Crippen LogP contribution in [-0.2, 0) is 24.3 Å². The predicted octanol–water partition coefficient (Wildman–Crippen LogP) is 1.38. The average molecular weight is 433 g/mol. The second-order valence-corrected chi connectivity index (χ2v) is 10.0. The van der Waals surface area contributed by atoms with Crippen molar-refractivity contribution >= 4 is 17.3 Å². The van der Waals surface area contributed by atoms with Gasteiger partial charge in [0.15, 0.2) is 0 Å². The number of hydrogen-bond donors (Lipinski definition) is 2. The molecule has 0 saturated heterocycles. The molecule has 1 aromatic carbocycles. The Balaban J connectivity index is 3.32. The van der Waals surface area contributed by atoms with Crippen LogP contribution in [0.4, 0.5) is 0 Å². The monoisotopic (exact) mass is 433 g/mol. The minimum absolute atomic E-state index is 0.263. The Morgan fingerprint density at radius 2 is 1.88 bits per heavy atom. The van der Waals surface area contributed by atoms with Crippen LogP contribution in [0.1, 0.15) is 33.3 Å². The quantitative estimate of drug-likeness (QED) is 0.691. The van der Waals surface area contributed by atoms with Crippen LogP contribution in [0, 0.1) is 0 Å². The van der Waals surface area contributed by atoms with Crippen LogP contribution in [0.3, 0.4) is 0 Å². The summed E-state index contributed by atoms with van der Waals surface area (Å²) in [6.07, 6.45) is 0. The van der Waals surface area contributed by atoms with E-state index in [4.69, 9.17) is 10.9 Å². The Morgan fingerprint density at radius 1 is 1.29 bits per heavy atom. The molecule has 0 fully saturated rings. The van der Waals surface area contributed by atoms with Gasteiger partial charge in [-0.25, -0.2) is 0 Å². The van der Waals surface area contributed by atoms with Crippen molar-refractivity contribution in [2.75, 3.05) is 0 Å².